The average molecular weight is 466 g/mol. The van der Waals surface area contributed by atoms with Crippen LogP contribution in [0.1, 0.15) is 33.9 Å². The highest BCUT2D eigenvalue weighted by Crippen LogP contribution is 2.40. The minimum Gasteiger partial charge on any atom is -0.469 e. The summed E-state index contributed by atoms with van der Waals surface area (Å²) >= 11 is 0. The van der Waals surface area contributed by atoms with Gasteiger partial charge < -0.3 is 24.5 Å². The van der Waals surface area contributed by atoms with Gasteiger partial charge in [-0.1, -0.05) is 56.3 Å². The smallest absolute Gasteiger partial charge is 0.304 e. The Morgan fingerprint density at radius 3 is 2.29 bits per heavy atom. The summed E-state index contributed by atoms with van der Waals surface area (Å²) in [4.78, 5) is 28.9. The number of carbonyl (C=O) groups excluding carboxylic acids is 2. The molecule has 0 saturated carbocycles. The van der Waals surface area contributed by atoms with Crippen molar-refractivity contribution >= 4 is 11.9 Å². The molecular weight excluding hydrogens is 434 g/mol. The van der Waals surface area contributed by atoms with Crippen LogP contribution in [0.5, 0.6) is 5.75 Å². The molecule has 1 aromatic heterocycles. The lowest BCUT2D eigenvalue weighted by molar-refractivity contribution is -0.204. The van der Waals surface area contributed by atoms with Crippen molar-refractivity contribution in [2.75, 3.05) is 6.54 Å². The summed E-state index contributed by atoms with van der Waals surface area (Å²) in [5, 5.41) is 13.5. The first-order valence-electron chi connectivity index (χ1n) is 11.2. The zero-order chi connectivity index (χ0) is 24.7. The molecule has 8 heteroatoms. The van der Waals surface area contributed by atoms with Gasteiger partial charge in [-0.3, -0.25) is 9.59 Å². The van der Waals surface area contributed by atoms with Gasteiger partial charge in [-0.05, 0) is 30.2 Å². The van der Waals surface area contributed by atoms with Gasteiger partial charge in [0.05, 0.1) is 6.33 Å². The van der Waals surface area contributed by atoms with Crippen molar-refractivity contribution in [1.82, 2.24) is 14.9 Å². The molecule has 3 unspecified atom stereocenters. The van der Waals surface area contributed by atoms with E-state index in [0.29, 0.717) is 12.3 Å². The zero-order valence-electron chi connectivity index (χ0n) is 19.8. The lowest BCUT2D eigenvalue weighted by Gasteiger charge is -2.40. The Morgan fingerprint density at radius 2 is 1.74 bits per heavy atom. The van der Waals surface area contributed by atoms with Crippen molar-refractivity contribution in [3.8, 4) is 16.9 Å². The Hall–Kier alpha value is -3.65. The topological polar surface area (TPSA) is 103 Å². The lowest BCUT2D eigenvalue weighted by Crippen LogP contribution is -2.51. The zero-order valence-corrected chi connectivity index (χ0v) is 19.8. The van der Waals surface area contributed by atoms with E-state index in [-0.39, 0.29) is 5.91 Å². The van der Waals surface area contributed by atoms with E-state index in [1.165, 1.54) is 6.92 Å². The van der Waals surface area contributed by atoms with E-state index >= 15 is 0 Å². The molecule has 1 amide bonds. The molecule has 34 heavy (non-hydrogen) atoms. The van der Waals surface area contributed by atoms with Crippen LogP contribution >= 0.6 is 0 Å². The monoisotopic (exact) mass is 465 g/mol. The normalized spacial score (nSPS) is 14.0. The SMILES string of the molecule is CCNC(=O)C(C(Oc1ccc(-c2ccccc2)cc1)n1ccnc1)C(C)(C)C(O)OC(C)=O. The van der Waals surface area contributed by atoms with Crippen molar-refractivity contribution in [2.45, 2.75) is 40.2 Å². The van der Waals surface area contributed by atoms with Crippen LogP contribution in [0.15, 0.2) is 73.3 Å². The van der Waals surface area contributed by atoms with Crippen molar-refractivity contribution < 1.29 is 24.2 Å². The number of esters is 1. The largest absolute Gasteiger partial charge is 0.469 e. The summed E-state index contributed by atoms with van der Waals surface area (Å²) in [6.45, 7) is 6.72. The number of carbonyl (C=O) groups is 2. The highest BCUT2D eigenvalue weighted by Gasteiger charge is 2.49. The standard InChI is InChI=1S/C26H31N3O5/c1-5-28-23(31)22(26(3,4)25(32)33-18(2)30)24(29-16-15-27-17-29)34-21-13-11-20(12-14-21)19-9-7-6-8-10-19/h6-17,22,24-25,32H,5H2,1-4H3,(H,28,31). The lowest BCUT2D eigenvalue weighted by atomic mass is 9.76. The van der Waals surface area contributed by atoms with Gasteiger partial charge in [0, 0.05) is 31.3 Å². The van der Waals surface area contributed by atoms with Gasteiger partial charge in [0.25, 0.3) is 0 Å². The third kappa shape index (κ3) is 5.82. The summed E-state index contributed by atoms with van der Waals surface area (Å²) in [6, 6.07) is 17.5. The van der Waals surface area contributed by atoms with Gasteiger partial charge >= 0.3 is 5.97 Å². The molecule has 0 saturated heterocycles. The summed E-state index contributed by atoms with van der Waals surface area (Å²) in [5.41, 5.74) is 0.896. The first-order valence-corrected chi connectivity index (χ1v) is 11.2. The Labute approximate surface area is 199 Å². The number of benzene rings is 2. The molecule has 0 bridgehead atoms. The van der Waals surface area contributed by atoms with E-state index in [2.05, 4.69) is 10.3 Å². The van der Waals surface area contributed by atoms with Crippen molar-refractivity contribution in [1.29, 1.82) is 0 Å². The van der Waals surface area contributed by atoms with E-state index in [4.69, 9.17) is 9.47 Å². The summed E-state index contributed by atoms with van der Waals surface area (Å²) in [5.74, 6) is -1.40. The Balaban J connectivity index is 1.98. The van der Waals surface area contributed by atoms with Crippen LogP contribution in [0, 0.1) is 11.3 Å². The maximum absolute atomic E-state index is 13.3. The molecule has 0 aliphatic rings. The number of aliphatic hydroxyl groups is 1. The molecule has 0 fully saturated rings. The second kappa shape index (κ2) is 11.0. The molecule has 2 N–H and O–H groups in total. The number of amides is 1. The van der Waals surface area contributed by atoms with Crippen LogP contribution in [-0.2, 0) is 14.3 Å². The maximum Gasteiger partial charge on any atom is 0.304 e. The van der Waals surface area contributed by atoms with Crippen LogP contribution in [-0.4, -0.2) is 39.4 Å². The predicted octanol–water partition coefficient (Wildman–Crippen LogP) is 3.79. The van der Waals surface area contributed by atoms with E-state index < -0.39 is 29.8 Å². The van der Waals surface area contributed by atoms with Gasteiger partial charge in [0.2, 0.25) is 12.2 Å². The molecule has 2 aromatic carbocycles. The molecular formula is C26H31N3O5. The van der Waals surface area contributed by atoms with Gasteiger partial charge in [-0.2, -0.15) is 0 Å². The fourth-order valence-corrected chi connectivity index (χ4v) is 3.80. The number of nitrogens with one attached hydrogen (secondary N) is 1. The molecule has 180 valence electrons. The van der Waals surface area contributed by atoms with Crippen LogP contribution < -0.4 is 10.1 Å². The molecule has 3 rings (SSSR count). The Kier molecular flexibility index (Phi) is 8.07. The Bertz CT molecular complexity index is 1070. The van der Waals surface area contributed by atoms with E-state index in [0.717, 1.165) is 11.1 Å². The maximum atomic E-state index is 13.3. The molecule has 3 aromatic rings. The molecule has 0 aliphatic heterocycles. The molecule has 0 radical (unpaired) electrons. The number of rotatable bonds is 10. The van der Waals surface area contributed by atoms with Gasteiger partial charge in [0.1, 0.15) is 11.7 Å². The second-order valence-electron chi connectivity index (χ2n) is 8.56. The number of nitrogens with zero attached hydrogens (tertiary/aromatic N) is 2. The van der Waals surface area contributed by atoms with Crippen LogP contribution in [0.25, 0.3) is 11.1 Å². The second-order valence-corrected chi connectivity index (χ2v) is 8.56. The van der Waals surface area contributed by atoms with Crippen molar-refractivity contribution in [3.63, 3.8) is 0 Å². The first kappa shape index (κ1) is 25.0. The molecule has 8 nitrogen and oxygen atoms in total. The van der Waals surface area contributed by atoms with Crippen LogP contribution in [0.4, 0.5) is 0 Å². The highest BCUT2D eigenvalue weighted by atomic mass is 16.6. The van der Waals surface area contributed by atoms with Crippen molar-refractivity contribution in [2.24, 2.45) is 11.3 Å². The third-order valence-corrected chi connectivity index (χ3v) is 5.67. The van der Waals surface area contributed by atoms with Gasteiger partial charge in [-0.25, -0.2) is 4.98 Å². The number of aliphatic hydroxyl groups excluding tert-OH is 1. The fraction of sp³-hybridized carbons (Fsp3) is 0.346. The fourth-order valence-electron chi connectivity index (χ4n) is 3.80. The number of aromatic nitrogens is 2. The minimum atomic E-state index is -1.53. The van der Waals surface area contributed by atoms with E-state index in [9.17, 15) is 14.7 Å². The minimum absolute atomic E-state index is 0.349. The summed E-state index contributed by atoms with van der Waals surface area (Å²) in [7, 11) is 0. The molecule has 0 aliphatic carbocycles. The summed E-state index contributed by atoms with van der Waals surface area (Å²) < 4.78 is 13.1. The van der Waals surface area contributed by atoms with E-state index in [1.807, 2.05) is 54.6 Å². The predicted molar refractivity (Wildman–Crippen MR) is 127 cm³/mol. The molecule has 1 heterocycles. The quantitative estimate of drug-likeness (QED) is 0.349. The Morgan fingerprint density at radius 1 is 1.09 bits per heavy atom. The first-order chi connectivity index (χ1) is 16.2. The average Bonchev–Trinajstić information content (AvgIpc) is 3.34. The van der Waals surface area contributed by atoms with Crippen LogP contribution in [0.2, 0.25) is 0 Å². The van der Waals surface area contributed by atoms with Gasteiger partial charge in [0.15, 0.2) is 6.23 Å². The van der Waals surface area contributed by atoms with Crippen molar-refractivity contribution in [3.05, 3.63) is 73.3 Å². The van der Waals surface area contributed by atoms with Gasteiger partial charge in [-0.15, -0.1) is 0 Å². The number of imidazole rings is 1. The molecule has 0 spiro atoms. The van der Waals surface area contributed by atoms with E-state index in [1.54, 1.807) is 44.1 Å². The summed E-state index contributed by atoms with van der Waals surface area (Å²) in [6.07, 6.45) is 2.40. The van der Waals surface area contributed by atoms with Crippen LogP contribution in [0.3, 0.4) is 0 Å². The number of hydrogen-bond acceptors (Lipinski definition) is 6. The highest BCUT2D eigenvalue weighted by molar-refractivity contribution is 5.80. The number of hydrogen-bond donors (Lipinski definition) is 2. The molecule has 3 atom stereocenters. The number of ether oxygens (including phenoxy) is 2. The third-order valence-electron chi connectivity index (χ3n) is 5.67.